The van der Waals surface area contributed by atoms with Crippen LogP contribution in [-0.4, -0.2) is 49.9 Å². The molecule has 0 radical (unpaired) electrons. The minimum atomic E-state index is -1.44. The molecule has 2 aromatic carbocycles. The van der Waals surface area contributed by atoms with Crippen LogP contribution in [0.2, 0.25) is 0 Å². The summed E-state index contributed by atoms with van der Waals surface area (Å²) in [5.74, 6) is 5.05. The molecule has 36 heavy (non-hydrogen) atoms. The van der Waals surface area contributed by atoms with Gasteiger partial charge in [0.1, 0.15) is 19.0 Å². The van der Waals surface area contributed by atoms with Crippen LogP contribution in [0.15, 0.2) is 67.3 Å². The number of hydrogen-bond donors (Lipinski definition) is 4. The average Bonchev–Trinajstić information content (AvgIpc) is 3.37. The molecule has 3 heterocycles. The molecule has 0 saturated carbocycles. The van der Waals surface area contributed by atoms with E-state index in [1.54, 1.807) is 67.3 Å². The molecule has 1 aliphatic heterocycles. The fraction of sp³-hybridized carbons (Fsp3) is 0.154. The summed E-state index contributed by atoms with van der Waals surface area (Å²) in [7, 11) is 0. The van der Waals surface area contributed by atoms with Gasteiger partial charge in [0.25, 0.3) is 5.91 Å². The fourth-order valence-corrected chi connectivity index (χ4v) is 4.19. The van der Waals surface area contributed by atoms with Gasteiger partial charge in [-0.3, -0.25) is 20.1 Å². The summed E-state index contributed by atoms with van der Waals surface area (Å²) < 4.78 is 7.06. The normalized spacial score (nSPS) is 16.8. The molecule has 1 saturated heterocycles. The van der Waals surface area contributed by atoms with Gasteiger partial charge >= 0.3 is 6.03 Å². The third kappa shape index (κ3) is 4.19. The first kappa shape index (κ1) is 22.9. The number of carbonyl (C=O) groups is 2. The zero-order valence-corrected chi connectivity index (χ0v) is 18.9. The van der Waals surface area contributed by atoms with Gasteiger partial charge in [-0.05, 0) is 23.8 Å². The Morgan fingerprint density at radius 1 is 1.08 bits per heavy atom. The summed E-state index contributed by atoms with van der Waals surface area (Å²) >= 11 is 0. The molecule has 0 bridgehead atoms. The van der Waals surface area contributed by atoms with Crippen LogP contribution in [0.3, 0.4) is 0 Å². The zero-order valence-electron chi connectivity index (χ0n) is 18.9. The van der Waals surface area contributed by atoms with Crippen LogP contribution < -0.4 is 15.4 Å². The summed E-state index contributed by atoms with van der Waals surface area (Å²) in [6, 6.07) is 11.6. The van der Waals surface area contributed by atoms with Crippen molar-refractivity contribution in [2.75, 3.05) is 13.2 Å². The Balaban J connectivity index is 1.48. The average molecular weight is 483 g/mol. The summed E-state index contributed by atoms with van der Waals surface area (Å²) in [6.07, 6.45) is 6.51. The molecule has 2 aromatic heterocycles. The lowest BCUT2D eigenvalue weighted by molar-refractivity contribution is -0.124. The molecule has 1 aliphatic rings. The number of aromatic nitrogens is 3. The van der Waals surface area contributed by atoms with E-state index in [0.717, 1.165) is 10.9 Å². The Bertz CT molecular complexity index is 1510. The molecular weight excluding hydrogens is 462 g/mol. The first-order valence-electron chi connectivity index (χ1n) is 11.0. The predicted molar refractivity (Wildman–Crippen MR) is 130 cm³/mol. The highest BCUT2D eigenvalue weighted by Crippen LogP contribution is 2.35. The molecule has 3 amide bonds. The fourth-order valence-electron chi connectivity index (χ4n) is 4.19. The number of aliphatic hydroxyl groups excluding tert-OH is 1. The minimum Gasteiger partial charge on any atom is -0.494 e. The van der Waals surface area contributed by atoms with Crippen molar-refractivity contribution in [2.24, 2.45) is 0 Å². The van der Waals surface area contributed by atoms with E-state index in [0.29, 0.717) is 22.4 Å². The van der Waals surface area contributed by atoms with Gasteiger partial charge in [0.05, 0.1) is 18.4 Å². The van der Waals surface area contributed by atoms with Gasteiger partial charge in [-0.15, -0.1) is 0 Å². The summed E-state index contributed by atoms with van der Waals surface area (Å²) in [4.78, 5) is 33.6. The SMILES string of the molecule is O=C1NC(=O)[C@@](Cn2cc3ccc(OCC#CCO)cc3c2O)(c2ccc(-c3cnccn3)cc2)N1. The smallest absolute Gasteiger partial charge is 0.322 e. The van der Waals surface area contributed by atoms with E-state index in [9.17, 15) is 14.7 Å². The lowest BCUT2D eigenvalue weighted by Crippen LogP contribution is -2.47. The quantitative estimate of drug-likeness (QED) is 0.243. The molecule has 10 nitrogen and oxygen atoms in total. The number of hydrogen-bond acceptors (Lipinski definition) is 7. The number of carbonyl (C=O) groups excluding carboxylic acids is 2. The Hall–Kier alpha value is -4.88. The van der Waals surface area contributed by atoms with E-state index >= 15 is 0 Å². The predicted octanol–water partition coefficient (Wildman–Crippen LogP) is 1.91. The second kappa shape index (κ2) is 9.40. The summed E-state index contributed by atoms with van der Waals surface area (Å²) in [6.45, 7) is -0.206. The number of benzene rings is 2. The number of aromatic hydroxyl groups is 1. The molecular formula is C26H21N5O5. The van der Waals surface area contributed by atoms with E-state index in [-0.39, 0.29) is 25.6 Å². The minimum absolute atomic E-state index is 0.0479. The number of urea groups is 1. The summed E-state index contributed by atoms with van der Waals surface area (Å²) in [5, 5.41) is 26.0. The summed E-state index contributed by atoms with van der Waals surface area (Å²) in [5.41, 5.74) is 0.580. The molecule has 4 aromatic rings. The Kier molecular flexibility index (Phi) is 5.98. The second-order valence-corrected chi connectivity index (χ2v) is 8.11. The van der Waals surface area contributed by atoms with E-state index in [4.69, 9.17) is 9.84 Å². The van der Waals surface area contributed by atoms with Crippen LogP contribution in [0, 0.1) is 11.8 Å². The largest absolute Gasteiger partial charge is 0.494 e. The van der Waals surface area contributed by atoms with Crippen LogP contribution in [0.1, 0.15) is 5.56 Å². The molecule has 1 atom stereocenters. The van der Waals surface area contributed by atoms with E-state index in [2.05, 4.69) is 32.4 Å². The van der Waals surface area contributed by atoms with Crippen LogP contribution in [-0.2, 0) is 16.9 Å². The molecule has 4 N–H and O–H groups in total. The lowest BCUT2D eigenvalue weighted by Gasteiger charge is -2.27. The third-order valence-corrected chi connectivity index (χ3v) is 5.93. The number of amides is 3. The Labute approximate surface area is 205 Å². The van der Waals surface area contributed by atoms with Crippen LogP contribution in [0.25, 0.3) is 22.0 Å². The van der Waals surface area contributed by atoms with Gasteiger partial charge in [-0.25, -0.2) is 4.79 Å². The van der Waals surface area contributed by atoms with Crippen molar-refractivity contribution in [3.8, 4) is 34.7 Å². The molecule has 5 rings (SSSR count). The number of nitrogens with one attached hydrogen (secondary N) is 2. The van der Waals surface area contributed by atoms with Gasteiger partial charge < -0.3 is 24.8 Å². The molecule has 0 aliphatic carbocycles. The molecule has 10 heteroatoms. The third-order valence-electron chi connectivity index (χ3n) is 5.93. The zero-order chi connectivity index (χ0) is 25.1. The standard InChI is InChI=1S/C26H21N5O5/c32-11-1-2-12-36-20-8-5-18-15-31(23(33)21(18)13-20)16-26(24(34)29-25(35)30-26)19-6-3-17(4-7-19)22-14-27-9-10-28-22/h3-10,13-15,32-33H,11-12,16H2,(H2,29,30,34,35)/t26-/m1/s1. The highest BCUT2D eigenvalue weighted by molar-refractivity contribution is 6.07. The van der Waals surface area contributed by atoms with Crippen LogP contribution in [0.5, 0.6) is 11.6 Å². The number of fused-ring (bicyclic) bond motifs is 1. The maximum absolute atomic E-state index is 13.1. The van der Waals surface area contributed by atoms with Gasteiger partial charge in [-0.1, -0.05) is 36.1 Å². The van der Waals surface area contributed by atoms with Crippen molar-refractivity contribution in [2.45, 2.75) is 12.1 Å². The highest BCUT2D eigenvalue weighted by atomic mass is 16.5. The molecule has 0 unspecified atom stereocenters. The monoisotopic (exact) mass is 483 g/mol. The van der Waals surface area contributed by atoms with E-state index in [1.165, 1.54) is 4.57 Å². The van der Waals surface area contributed by atoms with Crippen molar-refractivity contribution in [3.05, 3.63) is 72.8 Å². The highest BCUT2D eigenvalue weighted by Gasteiger charge is 2.48. The number of rotatable bonds is 6. The van der Waals surface area contributed by atoms with Crippen molar-refractivity contribution in [1.29, 1.82) is 0 Å². The Morgan fingerprint density at radius 3 is 2.61 bits per heavy atom. The lowest BCUT2D eigenvalue weighted by atomic mass is 9.89. The first-order valence-corrected chi connectivity index (χ1v) is 11.0. The van der Waals surface area contributed by atoms with Crippen LogP contribution >= 0.6 is 0 Å². The number of imide groups is 1. The van der Waals surface area contributed by atoms with Gasteiger partial charge in [0.15, 0.2) is 11.4 Å². The van der Waals surface area contributed by atoms with Gasteiger partial charge in [-0.2, -0.15) is 0 Å². The topological polar surface area (TPSA) is 139 Å². The molecule has 180 valence electrons. The number of ether oxygens (including phenoxy) is 1. The van der Waals surface area contributed by atoms with Gasteiger partial charge in [0, 0.05) is 34.9 Å². The van der Waals surface area contributed by atoms with E-state index < -0.39 is 17.5 Å². The maximum atomic E-state index is 13.1. The number of nitrogens with zero attached hydrogens (tertiary/aromatic N) is 3. The molecule has 1 fully saturated rings. The van der Waals surface area contributed by atoms with E-state index in [1.807, 2.05) is 0 Å². The molecule has 0 spiro atoms. The van der Waals surface area contributed by atoms with Crippen LogP contribution in [0.4, 0.5) is 4.79 Å². The number of aliphatic hydroxyl groups is 1. The first-order chi connectivity index (χ1) is 17.5. The van der Waals surface area contributed by atoms with Crippen molar-refractivity contribution < 1.29 is 24.5 Å². The van der Waals surface area contributed by atoms with Crippen molar-refractivity contribution in [3.63, 3.8) is 0 Å². The van der Waals surface area contributed by atoms with Crippen molar-refractivity contribution >= 4 is 22.7 Å². The second-order valence-electron chi connectivity index (χ2n) is 8.11. The Morgan fingerprint density at radius 2 is 1.92 bits per heavy atom. The van der Waals surface area contributed by atoms with Crippen molar-refractivity contribution in [1.82, 2.24) is 25.2 Å². The maximum Gasteiger partial charge on any atom is 0.322 e. The van der Waals surface area contributed by atoms with Gasteiger partial charge in [0.2, 0.25) is 0 Å².